The summed E-state index contributed by atoms with van der Waals surface area (Å²) in [6, 6.07) is 6.76. The number of aliphatic hydroxyl groups excluding tert-OH is 1. The molecule has 1 amide bonds. The van der Waals surface area contributed by atoms with Crippen LogP contribution in [-0.2, 0) is 4.79 Å². The van der Waals surface area contributed by atoms with Crippen molar-refractivity contribution >= 4 is 5.91 Å². The summed E-state index contributed by atoms with van der Waals surface area (Å²) in [5.74, 6) is -0.392. The van der Waals surface area contributed by atoms with Gasteiger partial charge in [-0.1, -0.05) is 18.2 Å². The molecular formula is C14H18FN3O2. The van der Waals surface area contributed by atoms with E-state index >= 15 is 0 Å². The zero-order valence-corrected chi connectivity index (χ0v) is 11.1. The first-order chi connectivity index (χ1) is 9.70. The van der Waals surface area contributed by atoms with Crippen molar-refractivity contribution in [2.24, 2.45) is 5.92 Å². The average Bonchev–Trinajstić information content (AvgIpc) is 2.90. The zero-order valence-electron chi connectivity index (χ0n) is 11.1. The number of hydrogen-bond acceptors (Lipinski definition) is 4. The Morgan fingerprint density at radius 3 is 2.95 bits per heavy atom. The number of rotatable bonds is 2. The van der Waals surface area contributed by atoms with Gasteiger partial charge in [-0.3, -0.25) is 10.2 Å². The largest absolute Gasteiger partial charge is 0.387 e. The minimum Gasteiger partial charge on any atom is -0.387 e. The lowest BCUT2D eigenvalue weighted by atomic mass is 9.85. The van der Waals surface area contributed by atoms with Crippen LogP contribution < -0.4 is 10.9 Å². The molecule has 3 N–H and O–H groups in total. The van der Waals surface area contributed by atoms with Gasteiger partial charge in [0.05, 0.1) is 6.04 Å². The van der Waals surface area contributed by atoms with Crippen molar-refractivity contribution < 1.29 is 14.3 Å². The van der Waals surface area contributed by atoms with Crippen molar-refractivity contribution in [3.8, 4) is 0 Å². The van der Waals surface area contributed by atoms with Crippen molar-refractivity contribution in [1.29, 1.82) is 0 Å². The Hall–Kier alpha value is -1.50. The van der Waals surface area contributed by atoms with Gasteiger partial charge in [0.15, 0.2) is 0 Å². The Morgan fingerprint density at radius 1 is 1.40 bits per heavy atom. The summed E-state index contributed by atoms with van der Waals surface area (Å²) in [6.07, 6.45) is 0.800. The first kappa shape index (κ1) is 13.5. The van der Waals surface area contributed by atoms with Crippen LogP contribution in [0.1, 0.15) is 18.0 Å². The van der Waals surface area contributed by atoms with Crippen LogP contribution >= 0.6 is 0 Å². The number of nitrogens with one attached hydrogen (secondary N) is 2. The molecule has 1 aromatic rings. The van der Waals surface area contributed by atoms with Crippen molar-refractivity contribution in [2.75, 3.05) is 19.7 Å². The molecule has 3 rings (SSSR count). The van der Waals surface area contributed by atoms with Crippen LogP contribution in [0.3, 0.4) is 0 Å². The van der Waals surface area contributed by atoms with E-state index in [1.54, 1.807) is 17.0 Å². The fourth-order valence-corrected chi connectivity index (χ4v) is 3.17. The number of hydrogen-bond donors (Lipinski definition) is 3. The van der Waals surface area contributed by atoms with Crippen LogP contribution in [-0.4, -0.2) is 41.7 Å². The second kappa shape index (κ2) is 5.47. The van der Waals surface area contributed by atoms with Crippen molar-refractivity contribution in [3.63, 3.8) is 0 Å². The number of carbonyl (C=O) groups excluding carboxylic acids is 1. The highest BCUT2D eigenvalue weighted by molar-refractivity contribution is 5.77. The number of piperidine rings is 1. The monoisotopic (exact) mass is 279 g/mol. The van der Waals surface area contributed by atoms with Gasteiger partial charge >= 0.3 is 0 Å². The highest BCUT2D eigenvalue weighted by Gasteiger charge is 2.42. The van der Waals surface area contributed by atoms with Gasteiger partial charge in [0.1, 0.15) is 12.4 Å². The van der Waals surface area contributed by atoms with Gasteiger partial charge in [-0.2, -0.15) is 0 Å². The molecule has 0 radical (unpaired) electrons. The molecule has 0 aliphatic carbocycles. The predicted molar refractivity (Wildman–Crippen MR) is 71.0 cm³/mol. The van der Waals surface area contributed by atoms with Gasteiger partial charge in [-0.25, -0.2) is 9.82 Å². The molecule has 0 spiro atoms. The summed E-state index contributed by atoms with van der Waals surface area (Å²) in [7, 11) is 0. The Morgan fingerprint density at radius 2 is 2.20 bits per heavy atom. The Balaban J connectivity index is 1.81. The highest BCUT2D eigenvalue weighted by atomic mass is 19.1. The van der Waals surface area contributed by atoms with E-state index in [9.17, 15) is 9.18 Å². The van der Waals surface area contributed by atoms with Crippen LogP contribution in [0.15, 0.2) is 24.3 Å². The van der Waals surface area contributed by atoms with Crippen molar-refractivity contribution in [1.82, 2.24) is 15.8 Å². The normalized spacial score (nSPS) is 29.3. The first-order valence-electron chi connectivity index (χ1n) is 6.85. The zero-order chi connectivity index (χ0) is 14.1. The van der Waals surface area contributed by atoms with Gasteiger partial charge in [-0.15, -0.1) is 0 Å². The molecule has 20 heavy (non-hydrogen) atoms. The van der Waals surface area contributed by atoms with Gasteiger partial charge in [0.2, 0.25) is 5.91 Å². The standard InChI is InChI=1S/C14H18FN3O2/c15-11-4-2-1-3-9(11)14-10-7-18(13(20)8-19)6-5-12(10)16-17-14/h1-4,10,12,14,16-17,19H,5-8H2. The van der Waals surface area contributed by atoms with Crippen LogP contribution in [0.5, 0.6) is 0 Å². The molecule has 0 saturated carbocycles. The summed E-state index contributed by atoms with van der Waals surface area (Å²) < 4.78 is 13.9. The number of nitrogens with zero attached hydrogens (tertiary/aromatic N) is 1. The maximum absolute atomic E-state index is 13.9. The molecule has 1 aromatic carbocycles. The van der Waals surface area contributed by atoms with E-state index in [0.717, 1.165) is 6.42 Å². The second-order valence-corrected chi connectivity index (χ2v) is 5.34. The number of aliphatic hydroxyl groups is 1. The van der Waals surface area contributed by atoms with E-state index < -0.39 is 6.61 Å². The van der Waals surface area contributed by atoms with Gasteiger partial charge in [-0.05, 0) is 12.5 Å². The van der Waals surface area contributed by atoms with Crippen molar-refractivity contribution in [3.05, 3.63) is 35.6 Å². The Bertz CT molecular complexity index is 511. The average molecular weight is 279 g/mol. The van der Waals surface area contributed by atoms with Crippen LogP contribution in [0.2, 0.25) is 0 Å². The van der Waals surface area contributed by atoms with Gasteiger partial charge in [0, 0.05) is 30.6 Å². The number of likely N-dealkylation sites (tertiary alicyclic amines) is 1. The minimum atomic E-state index is -0.470. The molecule has 3 unspecified atom stereocenters. The Kier molecular flexibility index (Phi) is 3.69. The van der Waals surface area contributed by atoms with Crippen LogP contribution in [0.25, 0.3) is 0 Å². The van der Waals surface area contributed by atoms with Gasteiger partial charge in [0.25, 0.3) is 0 Å². The molecule has 0 bridgehead atoms. The van der Waals surface area contributed by atoms with E-state index in [-0.39, 0.29) is 29.7 Å². The number of carbonyl (C=O) groups is 1. The maximum Gasteiger partial charge on any atom is 0.248 e. The fraction of sp³-hybridized carbons (Fsp3) is 0.500. The Labute approximate surface area is 116 Å². The predicted octanol–water partition coefficient (Wildman–Crippen LogP) is 0.184. The number of benzene rings is 1. The third-order valence-corrected chi connectivity index (χ3v) is 4.24. The highest BCUT2D eigenvalue weighted by Crippen LogP contribution is 2.34. The van der Waals surface area contributed by atoms with Gasteiger partial charge < -0.3 is 10.0 Å². The van der Waals surface area contributed by atoms with E-state index in [0.29, 0.717) is 18.7 Å². The van der Waals surface area contributed by atoms with E-state index in [4.69, 9.17) is 5.11 Å². The number of fused-ring (bicyclic) bond motifs is 1. The van der Waals surface area contributed by atoms with E-state index in [1.807, 2.05) is 6.07 Å². The van der Waals surface area contributed by atoms with Crippen LogP contribution in [0, 0.1) is 11.7 Å². The molecule has 5 nitrogen and oxygen atoms in total. The lowest BCUT2D eigenvalue weighted by molar-refractivity contribution is -0.136. The fourth-order valence-electron chi connectivity index (χ4n) is 3.17. The minimum absolute atomic E-state index is 0.108. The molecular weight excluding hydrogens is 261 g/mol. The number of hydrazine groups is 1. The first-order valence-corrected chi connectivity index (χ1v) is 6.85. The lowest BCUT2D eigenvalue weighted by Gasteiger charge is -2.36. The maximum atomic E-state index is 13.9. The third-order valence-electron chi connectivity index (χ3n) is 4.24. The molecule has 3 atom stereocenters. The summed E-state index contributed by atoms with van der Waals surface area (Å²) >= 11 is 0. The van der Waals surface area contributed by atoms with E-state index in [1.165, 1.54) is 6.07 Å². The summed E-state index contributed by atoms with van der Waals surface area (Å²) in [4.78, 5) is 13.3. The molecule has 2 saturated heterocycles. The topological polar surface area (TPSA) is 64.6 Å². The molecule has 108 valence electrons. The van der Waals surface area contributed by atoms with Crippen LogP contribution in [0.4, 0.5) is 4.39 Å². The molecule has 0 aromatic heterocycles. The van der Waals surface area contributed by atoms with Crippen molar-refractivity contribution in [2.45, 2.75) is 18.5 Å². The molecule has 6 heteroatoms. The molecule has 2 heterocycles. The third kappa shape index (κ3) is 2.30. The number of halogens is 1. The molecule has 2 fully saturated rings. The van der Waals surface area contributed by atoms with E-state index in [2.05, 4.69) is 10.9 Å². The SMILES string of the molecule is O=C(CO)N1CCC2NNC(c3ccccc3F)C2C1. The molecule has 2 aliphatic heterocycles. The lowest BCUT2D eigenvalue weighted by Crippen LogP contribution is -2.48. The second-order valence-electron chi connectivity index (χ2n) is 5.34. The summed E-state index contributed by atoms with van der Waals surface area (Å²) in [5.41, 5.74) is 6.95. The summed E-state index contributed by atoms with van der Waals surface area (Å²) in [5, 5.41) is 8.97. The molecule has 2 aliphatic rings. The number of amides is 1. The summed E-state index contributed by atoms with van der Waals surface area (Å²) in [6.45, 7) is 0.685. The quantitative estimate of drug-likeness (QED) is 0.723. The smallest absolute Gasteiger partial charge is 0.248 e.